The molecular formula is C13H25N3O. The number of nitrogens with two attached hydrogens (primary N) is 1. The Morgan fingerprint density at radius 3 is 2.71 bits per heavy atom. The fourth-order valence-corrected chi connectivity index (χ4v) is 2.68. The van der Waals surface area contributed by atoms with Crippen LogP contribution in [0.3, 0.4) is 0 Å². The summed E-state index contributed by atoms with van der Waals surface area (Å²) in [6, 6.07) is 0.632. The first-order valence-electron chi connectivity index (χ1n) is 6.77. The summed E-state index contributed by atoms with van der Waals surface area (Å²) in [5.74, 6) is 0.825. The highest BCUT2D eigenvalue weighted by Gasteiger charge is 2.31. The molecular weight excluding hydrogens is 214 g/mol. The number of amides is 1. The molecule has 2 aliphatic rings. The van der Waals surface area contributed by atoms with Gasteiger partial charge in [-0.3, -0.25) is 4.79 Å². The summed E-state index contributed by atoms with van der Waals surface area (Å²) in [4.78, 5) is 16.2. The van der Waals surface area contributed by atoms with Crippen molar-refractivity contribution in [2.75, 3.05) is 27.2 Å². The van der Waals surface area contributed by atoms with Crippen LogP contribution in [-0.4, -0.2) is 55.0 Å². The van der Waals surface area contributed by atoms with Gasteiger partial charge in [0.25, 0.3) is 0 Å². The van der Waals surface area contributed by atoms with Crippen molar-refractivity contribution in [3.05, 3.63) is 0 Å². The highest BCUT2D eigenvalue weighted by atomic mass is 16.2. The molecule has 0 aromatic rings. The molecule has 0 radical (unpaired) electrons. The predicted molar refractivity (Wildman–Crippen MR) is 68.6 cm³/mol. The smallest absolute Gasteiger partial charge is 0.223 e. The number of hydrogen-bond donors (Lipinski definition) is 1. The highest BCUT2D eigenvalue weighted by molar-refractivity contribution is 5.76. The van der Waals surface area contributed by atoms with Gasteiger partial charge in [-0.05, 0) is 45.2 Å². The third kappa shape index (κ3) is 3.42. The minimum Gasteiger partial charge on any atom is -0.344 e. The van der Waals surface area contributed by atoms with Crippen molar-refractivity contribution in [3.63, 3.8) is 0 Å². The molecule has 2 fully saturated rings. The van der Waals surface area contributed by atoms with Crippen molar-refractivity contribution in [1.82, 2.24) is 9.80 Å². The molecule has 4 nitrogen and oxygen atoms in total. The van der Waals surface area contributed by atoms with Crippen molar-refractivity contribution in [3.8, 4) is 0 Å². The number of likely N-dealkylation sites (N-methyl/N-ethyl adjacent to an activating group) is 2. The molecule has 1 saturated carbocycles. The molecule has 2 atom stereocenters. The topological polar surface area (TPSA) is 49.6 Å². The monoisotopic (exact) mass is 239 g/mol. The van der Waals surface area contributed by atoms with Crippen LogP contribution in [0.2, 0.25) is 0 Å². The van der Waals surface area contributed by atoms with E-state index in [0.29, 0.717) is 18.4 Å². The van der Waals surface area contributed by atoms with Gasteiger partial charge in [0, 0.05) is 32.1 Å². The van der Waals surface area contributed by atoms with E-state index in [1.165, 1.54) is 25.7 Å². The normalized spacial score (nSPS) is 27.1. The molecule has 1 amide bonds. The Morgan fingerprint density at radius 1 is 1.47 bits per heavy atom. The van der Waals surface area contributed by atoms with E-state index >= 15 is 0 Å². The maximum atomic E-state index is 12.0. The molecule has 98 valence electrons. The maximum absolute atomic E-state index is 12.0. The van der Waals surface area contributed by atoms with E-state index in [2.05, 4.69) is 11.9 Å². The van der Waals surface area contributed by atoms with Crippen LogP contribution in [0.15, 0.2) is 0 Å². The first kappa shape index (κ1) is 12.8. The van der Waals surface area contributed by atoms with E-state index in [1.807, 2.05) is 11.9 Å². The van der Waals surface area contributed by atoms with E-state index in [1.54, 1.807) is 0 Å². The molecule has 17 heavy (non-hydrogen) atoms. The number of nitrogens with zero attached hydrogens (tertiary/aromatic N) is 2. The third-order valence-electron chi connectivity index (χ3n) is 4.22. The first-order chi connectivity index (χ1) is 8.08. The Hall–Kier alpha value is -0.610. The summed E-state index contributed by atoms with van der Waals surface area (Å²) in [6.07, 6.45) is 5.41. The fourth-order valence-electron chi connectivity index (χ4n) is 2.68. The van der Waals surface area contributed by atoms with Crippen molar-refractivity contribution >= 4 is 5.91 Å². The van der Waals surface area contributed by atoms with Gasteiger partial charge in [-0.2, -0.15) is 0 Å². The number of rotatable bonds is 5. The standard InChI is InChI=1S/C13H25N3O/c1-15-7-3-4-11(15)9-16(2)13(17)8-12(14)10-5-6-10/h10-12H,3-9,14H2,1-2H3. The van der Waals surface area contributed by atoms with Crippen LogP contribution in [0.25, 0.3) is 0 Å². The van der Waals surface area contributed by atoms with Gasteiger partial charge < -0.3 is 15.5 Å². The SMILES string of the molecule is CN(CC1CCCN1C)C(=O)CC(N)C1CC1. The predicted octanol–water partition coefficient (Wildman–Crippen LogP) is 0.666. The Morgan fingerprint density at radius 2 is 2.18 bits per heavy atom. The third-order valence-corrected chi connectivity index (χ3v) is 4.22. The maximum Gasteiger partial charge on any atom is 0.223 e. The molecule has 2 unspecified atom stereocenters. The Bertz CT molecular complexity index is 278. The van der Waals surface area contributed by atoms with Crippen molar-refractivity contribution < 1.29 is 4.79 Å². The van der Waals surface area contributed by atoms with Crippen LogP contribution in [0.5, 0.6) is 0 Å². The molecule has 0 aromatic heterocycles. The Kier molecular flexibility index (Phi) is 4.05. The van der Waals surface area contributed by atoms with Gasteiger partial charge in [-0.1, -0.05) is 0 Å². The van der Waals surface area contributed by atoms with Crippen LogP contribution in [0.4, 0.5) is 0 Å². The molecule has 1 saturated heterocycles. The minimum absolute atomic E-state index is 0.0891. The highest BCUT2D eigenvalue weighted by Crippen LogP contribution is 2.33. The number of carbonyl (C=O) groups excluding carboxylic acids is 1. The molecule has 0 spiro atoms. The number of carbonyl (C=O) groups is 1. The van der Waals surface area contributed by atoms with Crippen LogP contribution in [0, 0.1) is 5.92 Å². The second-order valence-corrected chi connectivity index (χ2v) is 5.76. The molecule has 1 heterocycles. The van der Waals surface area contributed by atoms with Crippen LogP contribution >= 0.6 is 0 Å². The summed E-state index contributed by atoms with van der Waals surface area (Å²) in [5.41, 5.74) is 6.00. The molecule has 0 bridgehead atoms. The van der Waals surface area contributed by atoms with Gasteiger partial charge in [0.1, 0.15) is 0 Å². The molecule has 0 aromatic carbocycles. The van der Waals surface area contributed by atoms with Crippen LogP contribution in [-0.2, 0) is 4.79 Å². The lowest BCUT2D eigenvalue weighted by Crippen LogP contribution is -2.41. The first-order valence-corrected chi connectivity index (χ1v) is 6.77. The minimum atomic E-state index is 0.0891. The Labute approximate surface area is 104 Å². The van der Waals surface area contributed by atoms with E-state index in [0.717, 1.165) is 13.1 Å². The van der Waals surface area contributed by atoms with E-state index in [9.17, 15) is 4.79 Å². The zero-order chi connectivity index (χ0) is 12.4. The lowest BCUT2D eigenvalue weighted by atomic mass is 10.1. The molecule has 2 rings (SSSR count). The van der Waals surface area contributed by atoms with Gasteiger partial charge in [-0.25, -0.2) is 0 Å². The lowest BCUT2D eigenvalue weighted by Gasteiger charge is -2.26. The quantitative estimate of drug-likeness (QED) is 0.767. The van der Waals surface area contributed by atoms with Crippen molar-refractivity contribution in [2.24, 2.45) is 11.7 Å². The Balaban J connectivity index is 1.74. The summed E-state index contributed by atoms with van der Waals surface area (Å²) in [5, 5.41) is 0. The van der Waals surface area contributed by atoms with Crippen molar-refractivity contribution in [1.29, 1.82) is 0 Å². The summed E-state index contributed by atoms with van der Waals surface area (Å²) < 4.78 is 0. The zero-order valence-corrected chi connectivity index (χ0v) is 11.1. The van der Waals surface area contributed by atoms with Gasteiger partial charge >= 0.3 is 0 Å². The van der Waals surface area contributed by atoms with Gasteiger partial charge in [0.05, 0.1) is 0 Å². The summed E-state index contributed by atoms with van der Waals surface area (Å²) in [6.45, 7) is 2.01. The van der Waals surface area contributed by atoms with Crippen LogP contribution in [0.1, 0.15) is 32.1 Å². The zero-order valence-electron chi connectivity index (χ0n) is 11.1. The molecule has 2 N–H and O–H groups in total. The largest absolute Gasteiger partial charge is 0.344 e. The van der Waals surface area contributed by atoms with Crippen molar-refractivity contribution in [2.45, 2.75) is 44.2 Å². The molecule has 1 aliphatic carbocycles. The molecule has 1 aliphatic heterocycles. The number of likely N-dealkylation sites (tertiary alicyclic amines) is 1. The second kappa shape index (κ2) is 5.36. The van der Waals surface area contributed by atoms with Gasteiger partial charge in [-0.15, -0.1) is 0 Å². The van der Waals surface area contributed by atoms with E-state index in [-0.39, 0.29) is 11.9 Å². The van der Waals surface area contributed by atoms with Gasteiger partial charge in [0.2, 0.25) is 5.91 Å². The van der Waals surface area contributed by atoms with E-state index < -0.39 is 0 Å². The fraction of sp³-hybridized carbons (Fsp3) is 0.923. The second-order valence-electron chi connectivity index (χ2n) is 5.76. The summed E-state index contributed by atoms with van der Waals surface area (Å²) in [7, 11) is 4.06. The van der Waals surface area contributed by atoms with Gasteiger partial charge in [0.15, 0.2) is 0 Å². The van der Waals surface area contributed by atoms with Crippen LogP contribution < -0.4 is 5.73 Å². The average Bonchev–Trinajstić information content (AvgIpc) is 3.05. The number of hydrogen-bond acceptors (Lipinski definition) is 3. The average molecular weight is 239 g/mol. The lowest BCUT2D eigenvalue weighted by molar-refractivity contribution is -0.130. The van der Waals surface area contributed by atoms with E-state index in [4.69, 9.17) is 5.73 Å². The summed E-state index contributed by atoms with van der Waals surface area (Å²) >= 11 is 0. The molecule has 4 heteroatoms.